The van der Waals surface area contributed by atoms with E-state index in [0.717, 1.165) is 38.2 Å². The number of nitrogens with one attached hydrogen (secondary N) is 1. The average Bonchev–Trinajstić information content (AvgIpc) is 2.30. The van der Waals surface area contributed by atoms with Crippen LogP contribution in [0.5, 0.6) is 0 Å². The zero-order valence-corrected chi connectivity index (χ0v) is 10.2. The number of benzene rings is 1. The molecule has 3 heteroatoms. The number of hydrogen-bond donors (Lipinski definition) is 1. The Balaban J connectivity index is 2.14. The van der Waals surface area contributed by atoms with Crippen molar-refractivity contribution < 1.29 is 4.39 Å². The molecule has 0 aromatic heterocycles. The van der Waals surface area contributed by atoms with Crippen LogP contribution in [0, 0.1) is 5.82 Å². The summed E-state index contributed by atoms with van der Waals surface area (Å²) < 4.78 is 13.2. The molecule has 1 aromatic carbocycles. The Bertz CT molecular complexity index is 302. The molecule has 2 nitrogen and oxygen atoms in total. The van der Waals surface area contributed by atoms with Crippen molar-refractivity contribution in [3.8, 4) is 0 Å². The van der Waals surface area contributed by atoms with Crippen molar-refractivity contribution in [2.75, 3.05) is 33.2 Å². The number of likely N-dealkylation sites (N-methyl/N-ethyl adjacent to an activating group) is 1. The van der Waals surface area contributed by atoms with Gasteiger partial charge in [-0.25, -0.2) is 4.39 Å². The van der Waals surface area contributed by atoms with Crippen molar-refractivity contribution in [1.29, 1.82) is 0 Å². The minimum absolute atomic E-state index is 0.102. The second-order valence-corrected chi connectivity index (χ2v) is 3.99. The summed E-state index contributed by atoms with van der Waals surface area (Å²) >= 11 is 0. The van der Waals surface area contributed by atoms with Gasteiger partial charge in [-0.2, -0.15) is 0 Å². The number of nitrogens with zero attached hydrogens (tertiary/aromatic N) is 1. The highest BCUT2D eigenvalue weighted by molar-refractivity contribution is 5.17. The van der Waals surface area contributed by atoms with Crippen LogP contribution in [0.2, 0.25) is 0 Å². The summed E-state index contributed by atoms with van der Waals surface area (Å²) in [5.41, 5.74) is 0.791. The molecule has 0 saturated heterocycles. The van der Waals surface area contributed by atoms with E-state index in [4.69, 9.17) is 0 Å². The molecule has 0 saturated carbocycles. The minimum Gasteiger partial charge on any atom is -0.315 e. The highest BCUT2D eigenvalue weighted by Crippen LogP contribution is 2.05. The van der Waals surface area contributed by atoms with Crippen LogP contribution in [0.25, 0.3) is 0 Å². The Hall–Kier alpha value is -0.930. The maximum Gasteiger partial charge on any atom is 0.126 e. The molecule has 0 aliphatic carbocycles. The van der Waals surface area contributed by atoms with E-state index in [2.05, 4.69) is 24.2 Å². The predicted octanol–water partition coefficient (Wildman–Crippen LogP) is 1.91. The molecule has 0 amide bonds. The Morgan fingerprint density at radius 1 is 1.25 bits per heavy atom. The van der Waals surface area contributed by atoms with Crippen molar-refractivity contribution in [2.45, 2.75) is 13.3 Å². The van der Waals surface area contributed by atoms with Gasteiger partial charge in [0.1, 0.15) is 5.82 Å². The quantitative estimate of drug-likeness (QED) is 0.712. The lowest BCUT2D eigenvalue weighted by molar-refractivity contribution is 0.349. The molecule has 0 aliphatic heterocycles. The van der Waals surface area contributed by atoms with Gasteiger partial charge in [0.15, 0.2) is 0 Å². The molecule has 0 radical (unpaired) electrons. The molecular weight excluding hydrogens is 203 g/mol. The molecule has 0 heterocycles. The molecule has 16 heavy (non-hydrogen) atoms. The van der Waals surface area contributed by atoms with Crippen LogP contribution in [0.15, 0.2) is 24.3 Å². The first-order chi connectivity index (χ1) is 7.74. The smallest absolute Gasteiger partial charge is 0.126 e. The number of halogens is 1. The fourth-order valence-electron chi connectivity index (χ4n) is 1.48. The highest BCUT2D eigenvalue weighted by atomic mass is 19.1. The molecule has 0 spiro atoms. The van der Waals surface area contributed by atoms with E-state index in [-0.39, 0.29) is 5.82 Å². The maximum atomic E-state index is 13.2. The summed E-state index contributed by atoms with van der Waals surface area (Å²) in [7, 11) is 2.10. The van der Waals surface area contributed by atoms with Gasteiger partial charge < -0.3 is 10.2 Å². The van der Waals surface area contributed by atoms with Crippen molar-refractivity contribution in [3.63, 3.8) is 0 Å². The van der Waals surface area contributed by atoms with Gasteiger partial charge in [0, 0.05) is 13.1 Å². The summed E-state index contributed by atoms with van der Waals surface area (Å²) in [5.74, 6) is -0.102. The third-order valence-corrected chi connectivity index (χ3v) is 2.74. The Kier molecular flexibility index (Phi) is 6.04. The van der Waals surface area contributed by atoms with Crippen LogP contribution in [-0.2, 0) is 6.42 Å². The first kappa shape index (κ1) is 13.1. The molecule has 90 valence electrons. The van der Waals surface area contributed by atoms with Crippen molar-refractivity contribution >= 4 is 0 Å². The van der Waals surface area contributed by atoms with E-state index < -0.39 is 0 Å². The normalized spacial score (nSPS) is 11.0. The van der Waals surface area contributed by atoms with Gasteiger partial charge in [0.25, 0.3) is 0 Å². The fraction of sp³-hybridized carbons (Fsp3) is 0.538. The van der Waals surface area contributed by atoms with Gasteiger partial charge in [0.2, 0.25) is 0 Å². The predicted molar refractivity (Wildman–Crippen MR) is 66.1 cm³/mol. The zero-order valence-electron chi connectivity index (χ0n) is 10.2. The van der Waals surface area contributed by atoms with Gasteiger partial charge in [-0.3, -0.25) is 0 Å². The molecule has 0 unspecified atom stereocenters. The van der Waals surface area contributed by atoms with Crippen molar-refractivity contribution in [3.05, 3.63) is 35.6 Å². The Morgan fingerprint density at radius 2 is 2.00 bits per heavy atom. The number of rotatable bonds is 7. The topological polar surface area (TPSA) is 15.3 Å². The largest absolute Gasteiger partial charge is 0.315 e. The van der Waals surface area contributed by atoms with Gasteiger partial charge >= 0.3 is 0 Å². The van der Waals surface area contributed by atoms with Gasteiger partial charge in [-0.1, -0.05) is 25.1 Å². The number of hydrogen-bond acceptors (Lipinski definition) is 2. The lowest BCUT2D eigenvalue weighted by atomic mass is 10.1. The standard InChI is InChI=1S/C13H21FN2/c1-3-16(2)11-10-15-9-8-12-6-4-5-7-13(12)14/h4-7,15H,3,8-11H2,1-2H3. The van der Waals surface area contributed by atoms with Crippen LogP contribution < -0.4 is 5.32 Å². The van der Waals surface area contributed by atoms with Crippen LogP contribution in [0.4, 0.5) is 4.39 Å². The zero-order chi connectivity index (χ0) is 11.8. The molecule has 1 aromatic rings. The molecule has 0 aliphatic rings. The monoisotopic (exact) mass is 224 g/mol. The van der Waals surface area contributed by atoms with Crippen LogP contribution in [0.1, 0.15) is 12.5 Å². The summed E-state index contributed by atoms with van der Waals surface area (Å²) in [6.07, 6.45) is 0.752. The first-order valence-corrected chi connectivity index (χ1v) is 5.86. The Labute approximate surface area is 97.5 Å². The first-order valence-electron chi connectivity index (χ1n) is 5.86. The molecule has 1 rings (SSSR count). The third kappa shape index (κ3) is 4.73. The van der Waals surface area contributed by atoms with E-state index in [0.29, 0.717) is 0 Å². The van der Waals surface area contributed by atoms with E-state index in [9.17, 15) is 4.39 Å². The summed E-state index contributed by atoms with van der Waals surface area (Å²) in [4.78, 5) is 2.25. The molecule has 0 atom stereocenters. The van der Waals surface area contributed by atoms with Crippen LogP contribution in [-0.4, -0.2) is 38.1 Å². The second kappa shape index (κ2) is 7.36. The Morgan fingerprint density at radius 3 is 2.69 bits per heavy atom. The van der Waals surface area contributed by atoms with E-state index >= 15 is 0 Å². The lowest BCUT2D eigenvalue weighted by Crippen LogP contribution is -2.30. The summed E-state index contributed by atoms with van der Waals surface area (Å²) in [6.45, 7) is 6.03. The van der Waals surface area contributed by atoms with Gasteiger partial charge in [-0.05, 0) is 38.2 Å². The third-order valence-electron chi connectivity index (χ3n) is 2.74. The van der Waals surface area contributed by atoms with E-state index in [1.807, 2.05) is 12.1 Å². The summed E-state index contributed by atoms with van der Waals surface area (Å²) in [6, 6.07) is 6.96. The summed E-state index contributed by atoms with van der Waals surface area (Å²) in [5, 5.41) is 3.32. The fourth-order valence-corrected chi connectivity index (χ4v) is 1.48. The lowest BCUT2D eigenvalue weighted by Gasteiger charge is -2.13. The van der Waals surface area contributed by atoms with E-state index in [1.165, 1.54) is 6.07 Å². The molecule has 0 bridgehead atoms. The highest BCUT2D eigenvalue weighted by Gasteiger charge is 1.99. The SMILES string of the molecule is CCN(C)CCNCCc1ccccc1F. The van der Waals surface area contributed by atoms with Crippen LogP contribution in [0.3, 0.4) is 0 Å². The average molecular weight is 224 g/mol. The second-order valence-electron chi connectivity index (χ2n) is 3.99. The van der Waals surface area contributed by atoms with E-state index in [1.54, 1.807) is 6.07 Å². The van der Waals surface area contributed by atoms with Crippen LogP contribution >= 0.6 is 0 Å². The van der Waals surface area contributed by atoms with Gasteiger partial charge in [0.05, 0.1) is 0 Å². The molecule has 1 N–H and O–H groups in total. The van der Waals surface area contributed by atoms with Crippen molar-refractivity contribution in [2.24, 2.45) is 0 Å². The minimum atomic E-state index is -0.102. The maximum absolute atomic E-state index is 13.2. The van der Waals surface area contributed by atoms with Gasteiger partial charge in [-0.15, -0.1) is 0 Å². The molecular formula is C13H21FN2. The molecule has 0 fully saturated rings. The van der Waals surface area contributed by atoms with Crippen molar-refractivity contribution in [1.82, 2.24) is 10.2 Å².